The predicted octanol–water partition coefficient (Wildman–Crippen LogP) is 5.94. The molecule has 1 saturated heterocycles. The third-order valence-electron chi connectivity index (χ3n) is 6.90. The molecule has 1 amide bonds. The largest absolute Gasteiger partial charge is 0.369 e. The van der Waals surface area contributed by atoms with E-state index in [1.807, 2.05) is 31.2 Å². The van der Waals surface area contributed by atoms with Crippen LogP contribution in [0.1, 0.15) is 28.2 Å². The molecule has 0 unspecified atom stereocenters. The summed E-state index contributed by atoms with van der Waals surface area (Å²) < 4.78 is 0. The Labute approximate surface area is 214 Å². The molecule has 0 spiro atoms. The molecule has 0 aromatic heterocycles. The zero-order chi connectivity index (χ0) is 24.7. The number of anilines is 2. The normalized spacial score (nSPS) is 14.1. The first kappa shape index (κ1) is 23.8. The first-order valence-corrected chi connectivity index (χ1v) is 12.7. The number of nitrogens with one attached hydrogen (secondary N) is 1. The average Bonchev–Trinajstić information content (AvgIpc) is 2.91. The summed E-state index contributed by atoms with van der Waals surface area (Å²) in [4.78, 5) is 17.2. The molecule has 36 heavy (non-hydrogen) atoms. The van der Waals surface area contributed by atoms with Gasteiger partial charge in [-0.1, -0.05) is 84.9 Å². The second kappa shape index (κ2) is 11.2. The van der Waals surface area contributed by atoms with E-state index in [0.29, 0.717) is 6.54 Å². The quantitative estimate of drug-likeness (QED) is 0.336. The summed E-state index contributed by atoms with van der Waals surface area (Å²) in [6.45, 7) is 6.04. The number of aryl methyl sites for hydroxylation is 1. The van der Waals surface area contributed by atoms with Crippen molar-refractivity contribution in [2.45, 2.75) is 12.8 Å². The van der Waals surface area contributed by atoms with Gasteiger partial charge in [-0.3, -0.25) is 9.69 Å². The molecule has 4 aromatic carbocycles. The summed E-state index contributed by atoms with van der Waals surface area (Å²) in [6.07, 6.45) is 0. The molecule has 0 bridgehead atoms. The summed E-state index contributed by atoms with van der Waals surface area (Å²) in [5.41, 5.74) is 7.14. The van der Waals surface area contributed by atoms with Gasteiger partial charge >= 0.3 is 0 Å². The molecule has 1 N–H and O–H groups in total. The lowest BCUT2D eigenvalue weighted by atomic mass is 9.85. The maximum absolute atomic E-state index is 12.5. The Morgan fingerprint density at radius 3 is 1.89 bits per heavy atom. The second-order valence-electron chi connectivity index (χ2n) is 9.53. The highest BCUT2D eigenvalue weighted by atomic mass is 16.2. The molecule has 1 heterocycles. The molecule has 5 rings (SSSR count). The molecule has 0 saturated carbocycles. The Balaban J connectivity index is 1.21. The summed E-state index contributed by atoms with van der Waals surface area (Å²) in [5, 5.41) is 3.02. The van der Waals surface area contributed by atoms with Gasteiger partial charge in [0.05, 0.1) is 6.54 Å². The zero-order valence-electron chi connectivity index (χ0n) is 20.8. The molecular formula is C32H33N3O. The van der Waals surface area contributed by atoms with E-state index in [9.17, 15) is 4.79 Å². The fourth-order valence-corrected chi connectivity index (χ4v) is 5.04. The zero-order valence-corrected chi connectivity index (χ0v) is 20.8. The molecule has 4 heteroatoms. The number of benzene rings is 4. The van der Waals surface area contributed by atoms with E-state index >= 15 is 0 Å². The van der Waals surface area contributed by atoms with Gasteiger partial charge in [-0.25, -0.2) is 0 Å². The third-order valence-corrected chi connectivity index (χ3v) is 6.90. The minimum absolute atomic E-state index is 0.0475. The van der Waals surface area contributed by atoms with Gasteiger partial charge in [0.1, 0.15) is 0 Å². The summed E-state index contributed by atoms with van der Waals surface area (Å²) in [6, 6.07) is 38.4. The highest BCUT2D eigenvalue weighted by molar-refractivity contribution is 5.92. The van der Waals surface area contributed by atoms with E-state index in [2.05, 4.69) is 100 Å². The molecule has 0 aliphatic carbocycles. The minimum Gasteiger partial charge on any atom is -0.369 e. The summed E-state index contributed by atoms with van der Waals surface area (Å²) >= 11 is 0. The second-order valence-corrected chi connectivity index (χ2v) is 9.53. The van der Waals surface area contributed by atoms with Crippen molar-refractivity contribution in [3.63, 3.8) is 0 Å². The third kappa shape index (κ3) is 5.84. The van der Waals surface area contributed by atoms with Gasteiger partial charge in [-0.05, 0) is 53.4 Å². The fourth-order valence-electron chi connectivity index (χ4n) is 5.04. The topological polar surface area (TPSA) is 35.6 Å². The van der Waals surface area contributed by atoms with Crippen LogP contribution >= 0.6 is 0 Å². The van der Waals surface area contributed by atoms with Crippen LogP contribution in [-0.4, -0.2) is 43.5 Å². The summed E-state index contributed by atoms with van der Waals surface area (Å²) in [7, 11) is 0. The molecule has 4 nitrogen and oxygen atoms in total. The first-order chi connectivity index (χ1) is 17.7. The number of nitrogens with zero attached hydrogens (tertiary/aromatic N) is 2. The Hall–Kier alpha value is -3.89. The van der Waals surface area contributed by atoms with E-state index in [-0.39, 0.29) is 11.8 Å². The smallest absolute Gasteiger partial charge is 0.238 e. The highest BCUT2D eigenvalue weighted by Crippen LogP contribution is 2.33. The van der Waals surface area contributed by atoms with Gasteiger partial charge in [-0.2, -0.15) is 0 Å². The van der Waals surface area contributed by atoms with Crippen molar-refractivity contribution in [3.05, 3.63) is 131 Å². The minimum atomic E-state index is 0.0475. The number of rotatable bonds is 7. The van der Waals surface area contributed by atoms with Crippen molar-refractivity contribution in [3.8, 4) is 0 Å². The molecule has 182 valence electrons. The monoisotopic (exact) mass is 475 g/mol. The van der Waals surface area contributed by atoms with Gasteiger partial charge in [0.15, 0.2) is 0 Å². The van der Waals surface area contributed by atoms with Gasteiger partial charge < -0.3 is 10.2 Å². The van der Waals surface area contributed by atoms with Crippen molar-refractivity contribution < 1.29 is 4.79 Å². The number of hydrogen-bond acceptors (Lipinski definition) is 3. The van der Waals surface area contributed by atoms with Crippen molar-refractivity contribution >= 4 is 17.3 Å². The molecule has 1 aliphatic heterocycles. The average molecular weight is 476 g/mol. The van der Waals surface area contributed by atoms with Gasteiger partial charge in [0.2, 0.25) is 5.91 Å². The van der Waals surface area contributed by atoms with Crippen molar-refractivity contribution in [1.29, 1.82) is 0 Å². The lowest BCUT2D eigenvalue weighted by molar-refractivity contribution is -0.117. The molecule has 0 radical (unpaired) electrons. The van der Waals surface area contributed by atoms with Crippen LogP contribution in [0.3, 0.4) is 0 Å². The lowest BCUT2D eigenvalue weighted by Crippen LogP contribution is -2.48. The Bertz CT molecular complexity index is 1220. The van der Waals surface area contributed by atoms with Crippen LogP contribution in [0, 0.1) is 6.92 Å². The van der Waals surface area contributed by atoms with Crippen molar-refractivity contribution in [2.75, 3.05) is 42.9 Å². The number of carbonyl (C=O) groups excluding carboxylic acids is 1. The Morgan fingerprint density at radius 2 is 1.31 bits per heavy atom. The van der Waals surface area contributed by atoms with Crippen LogP contribution in [0.5, 0.6) is 0 Å². The van der Waals surface area contributed by atoms with Crippen LogP contribution < -0.4 is 10.2 Å². The van der Waals surface area contributed by atoms with Crippen molar-refractivity contribution in [1.82, 2.24) is 4.90 Å². The lowest BCUT2D eigenvalue weighted by Gasteiger charge is -2.36. The van der Waals surface area contributed by atoms with E-state index in [4.69, 9.17) is 0 Å². The van der Waals surface area contributed by atoms with E-state index in [1.165, 1.54) is 22.4 Å². The molecule has 1 aliphatic rings. The van der Waals surface area contributed by atoms with E-state index in [0.717, 1.165) is 37.4 Å². The van der Waals surface area contributed by atoms with Crippen LogP contribution in [0.2, 0.25) is 0 Å². The van der Waals surface area contributed by atoms with Crippen LogP contribution in [-0.2, 0) is 4.79 Å². The van der Waals surface area contributed by atoms with Gasteiger partial charge in [0, 0.05) is 43.5 Å². The fraction of sp³-hybridized carbons (Fsp3) is 0.219. The van der Waals surface area contributed by atoms with E-state index < -0.39 is 0 Å². The first-order valence-electron chi connectivity index (χ1n) is 12.7. The molecule has 0 atom stereocenters. The molecular weight excluding hydrogens is 442 g/mol. The Kier molecular flexibility index (Phi) is 7.44. The van der Waals surface area contributed by atoms with Gasteiger partial charge in [0.25, 0.3) is 0 Å². The van der Waals surface area contributed by atoms with Crippen LogP contribution in [0.4, 0.5) is 11.4 Å². The standard InChI is InChI=1S/C32H33N3O/c1-25-9-8-14-29(23-25)33-31(36)24-34-19-21-35(22-20-34)30-17-15-28(16-18-30)32(26-10-4-2-5-11-26)27-12-6-3-7-13-27/h2-18,23,32H,19-22,24H2,1H3,(H,33,36). The van der Waals surface area contributed by atoms with Crippen molar-refractivity contribution in [2.24, 2.45) is 0 Å². The van der Waals surface area contributed by atoms with Crippen LogP contribution in [0.25, 0.3) is 0 Å². The number of hydrogen-bond donors (Lipinski definition) is 1. The van der Waals surface area contributed by atoms with Gasteiger partial charge in [-0.15, -0.1) is 0 Å². The number of amides is 1. The Morgan fingerprint density at radius 1 is 0.722 bits per heavy atom. The maximum atomic E-state index is 12.5. The van der Waals surface area contributed by atoms with E-state index in [1.54, 1.807) is 0 Å². The molecule has 1 fully saturated rings. The van der Waals surface area contributed by atoms with Crippen LogP contribution in [0.15, 0.2) is 109 Å². The number of piperazine rings is 1. The highest BCUT2D eigenvalue weighted by Gasteiger charge is 2.21. The SMILES string of the molecule is Cc1cccc(NC(=O)CN2CCN(c3ccc(C(c4ccccc4)c4ccccc4)cc3)CC2)c1. The maximum Gasteiger partial charge on any atom is 0.238 e. The predicted molar refractivity (Wildman–Crippen MR) is 149 cm³/mol. The number of carbonyl (C=O) groups is 1. The molecule has 4 aromatic rings. The summed E-state index contributed by atoms with van der Waals surface area (Å²) in [5.74, 6) is 0.261.